The number of nitrogens with zero attached hydrogens (tertiary/aromatic N) is 2. The van der Waals surface area contributed by atoms with Crippen molar-refractivity contribution in [2.24, 2.45) is 0 Å². The first kappa shape index (κ1) is 18.8. The number of aliphatic carboxylic acids is 1. The molecule has 1 unspecified atom stereocenters. The Morgan fingerprint density at radius 1 is 1.24 bits per heavy atom. The summed E-state index contributed by atoms with van der Waals surface area (Å²) < 4.78 is 27.1. The normalized spacial score (nSPS) is 17.7. The average Bonchev–Trinajstić information content (AvgIpc) is 2.79. The van der Waals surface area contributed by atoms with Crippen LogP contribution in [0.4, 0.5) is 8.78 Å². The molecular formula is C17H20F2N2O4. The fourth-order valence-corrected chi connectivity index (χ4v) is 3.07. The largest absolute Gasteiger partial charge is 0.480 e. The summed E-state index contributed by atoms with van der Waals surface area (Å²) in [5.41, 5.74) is -0.326. The van der Waals surface area contributed by atoms with Gasteiger partial charge in [0.25, 0.3) is 5.91 Å². The maximum Gasteiger partial charge on any atom is 0.323 e. The highest BCUT2D eigenvalue weighted by Gasteiger charge is 2.28. The van der Waals surface area contributed by atoms with Crippen molar-refractivity contribution in [1.82, 2.24) is 9.80 Å². The predicted octanol–water partition coefficient (Wildman–Crippen LogP) is 1.89. The summed E-state index contributed by atoms with van der Waals surface area (Å²) in [6, 6.07) is 2.42. The fourth-order valence-electron chi connectivity index (χ4n) is 3.07. The van der Waals surface area contributed by atoms with Gasteiger partial charge in [0, 0.05) is 26.1 Å². The lowest BCUT2D eigenvalue weighted by Gasteiger charge is -2.28. The minimum atomic E-state index is -1.10. The molecule has 0 aliphatic carbocycles. The third-order valence-corrected chi connectivity index (χ3v) is 4.29. The molecule has 8 heteroatoms. The molecule has 1 atom stereocenters. The van der Waals surface area contributed by atoms with Crippen LogP contribution in [0.25, 0.3) is 0 Å². The number of rotatable bonds is 4. The van der Waals surface area contributed by atoms with E-state index in [1.54, 1.807) is 0 Å². The summed E-state index contributed by atoms with van der Waals surface area (Å²) in [5.74, 6) is -3.53. The number of carboxylic acid groups (broad SMARTS) is 1. The second-order valence-electron chi connectivity index (χ2n) is 6.04. The minimum absolute atomic E-state index is 0.239. The Bertz CT molecular complexity index is 681. The topological polar surface area (TPSA) is 77.9 Å². The van der Waals surface area contributed by atoms with Crippen LogP contribution in [0.1, 0.15) is 36.5 Å². The molecule has 1 fully saturated rings. The van der Waals surface area contributed by atoms with Crippen molar-refractivity contribution in [3.63, 3.8) is 0 Å². The molecule has 0 aromatic heterocycles. The summed E-state index contributed by atoms with van der Waals surface area (Å²) in [7, 11) is 0. The number of amides is 2. The quantitative estimate of drug-likeness (QED) is 0.896. The number of hydrogen-bond acceptors (Lipinski definition) is 3. The van der Waals surface area contributed by atoms with Crippen LogP contribution >= 0.6 is 0 Å². The lowest BCUT2D eigenvalue weighted by molar-refractivity contribution is -0.145. The zero-order valence-corrected chi connectivity index (χ0v) is 13.9. The zero-order chi connectivity index (χ0) is 18.6. The first-order chi connectivity index (χ1) is 11.8. The molecule has 136 valence electrons. The second kappa shape index (κ2) is 8.04. The molecule has 6 nitrogen and oxygen atoms in total. The lowest BCUT2D eigenvalue weighted by Crippen LogP contribution is -2.43. The maximum absolute atomic E-state index is 13.8. The van der Waals surface area contributed by atoms with E-state index in [1.165, 1.54) is 16.7 Å². The van der Waals surface area contributed by atoms with Crippen molar-refractivity contribution < 1.29 is 28.3 Å². The van der Waals surface area contributed by atoms with Crippen LogP contribution in [0, 0.1) is 11.6 Å². The number of likely N-dealkylation sites (tertiary alicyclic amines) is 1. The van der Waals surface area contributed by atoms with E-state index in [4.69, 9.17) is 5.11 Å². The molecule has 1 aliphatic heterocycles. The summed E-state index contributed by atoms with van der Waals surface area (Å²) >= 11 is 0. The van der Waals surface area contributed by atoms with Crippen molar-refractivity contribution in [3.8, 4) is 0 Å². The molecule has 1 saturated heterocycles. The predicted molar refractivity (Wildman–Crippen MR) is 84.9 cm³/mol. The number of carboxylic acids is 1. The van der Waals surface area contributed by atoms with Gasteiger partial charge < -0.3 is 14.9 Å². The van der Waals surface area contributed by atoms with Gasteiger partial charge in [-0.15, -0.1) is 0 Å². The molecule has 0 bridgehead atoms. The Labute approximate surface area is 144 Å². The Morgan fingerprint density at radius 3 is 2.60 bits per heavy atom. The molecule has 1 aromatic rings. The van der Waals surface area contributed by atoms with Gasteiger partial charge in [-0.3, -0.25) is 14.4 Å². The Balaban J connectivity index is 2.10. The van der Waals surface area contributed by atoms with E-state index in [-0.39, 0.29) is 24.1 Å². The zero-order valence-electron chi connectivity index (χ0n) is 13.9. The Morgan fingerprint density at radius 2 is 1.96 bits per heavy atom. The first-order valence-corrected chi connectivity index (χ1v) is 8.03. The number of hydrogen-bond donors (Lipinski definition) is 1. The molecule has 0 saturated carbocycles. The Kier molecular flexibility index (Phi) is 6.06. The smallest absolute Gasteiger partial charge is 0.323 e. The van der Waals surface area contributed by atoms with Gasteiger partial charge in [0.15, 0.2) is 0 Å². The monoisotopic (exact) mass is 354 g/mol. The van der Waals surface area contributed by atoms with Gasteiger partial charge >= 0.3 is 5.97 Å². The highest BCUT2D eigenvalue weighted by Crippen LogP contribution is 2.20. The van der Waals surface area contributed by atoms with Gasteiger partial charge in [-0.2, -0.15) is 0 Å². The van der Waals surface area contributed by atoms with E-state index in [9.17, 15) is 23.2 Å². The highest BCUT2D eigenvalue weighted by molar-refractivity contribution is 5.94. The third kappa shape index (κ3) is 4.74. The standard InChI is InChI=1S/C17H20F2N2O4/c1-11(22)21(10-16(23)24)13-3-2-7-20(8-6-13)17(25)14-9-12(18)4-5-15(14)19/h4-5,9,13H,2-3,6-8,10H2,1H3,(H,23,24). The van der Waals surface area contributed by atoms with E-state index in [0.717, 1.165) is 18.2 Å². The summed E-state index contributed by atoms with van der Waals surface area (Å²) in [6.07, 6.45) is 1.47. The van der Waals surface area contributed by atoms with E-state index in [1.807, 2.05) is 0 Å². The highest BCUT2D eigenvalue weighted by atomic mass is 19.1. The van der Waals surface area contributed by atoms with Crippen molar-refractivity contribution in [3.05, 3.63) is 35.4 Å². The molecule has 2 rings (SSSR count). The van der Waals surface area contributed by atoms with Gasteiger partial charge in [-0.25, -0.2) is 8.78 Å². The number of halogens is 2. The molecule has 1 N–H and O–H groups in total. The SMILES string of the molecule is CC(=O)N(CC(=O)O)C1CCCN(C(=O)c2cc(F)ccc2F)CC1. The fraction of sp³-hybridized carbons (Fsp3) is 0.471. The third-order valence-electron chi connectivity index (χ3n) is 4.29. The van der Waals surface area contributed by atoms with Gasteiger partial charge in [-0.1, -0.05) is 0 Å². The van der Waals surface area contributed by atoms with Crippen LogP contribution in [0.15, 0.2) is 18.2 Å². The summed E-state index contributed by atoms with van der Waals surface area (Å²) in [5, 5.41) is 8.94. The van der Waals surface area contributed by atoms with Crippen LogP contribution in [0.2, 0.25) is 0 Å². The molecular weight excluding hydrogens is 334 g/mol. The number of carbonyl (C=O) groups is 3. The van der Waals surface area contributed by atoms with Crippen LogP contribution < -0.4 is 0 Å². The summed E-state index contributed by atoms with van der Waals surface area (Å²) in [4.78, 5) is 37.8. The first-order valence-electron chi connectivity index (χ1n) is 8.03. The average molecular weight is 354 g/mol. The van der Waals surface area contributed by atoms with Crippen molar-refractivity contribution in [2.75, 3.05) is 19.6 Å². The second-order valence-corrected chi connectivity index (χ2v) is 6.04. The molecule has 2 amide bonds. The number of carbonyl (C=O) groups excluding carboxylic acids is 2. The van der Waals surface area contributed by atoms with Crippen molar-refractivity contribution in [2.45, 2.75) is 32.2 Å². The van der Waals surface area contributed by atoms with Crippen molar-refractivity contribution in [1.29, 1.82) is 0 Å². The minimum Gasteiger partial charge on any atom is -0.480 e. The molecule has 1 aliphatic rings. The maximum atomic E-state index is 13.8. The van der Waals surface area contributed by atoms with E-state index >= 15 is 0 Å². The lowest BCUT2D eigenvalue weighted by atomic mass is 10.1. The molecule has 1 aromatic carbocycles. The van der Waals surface area contributed by atoms with E-state index < -0.39 is 30.1 Å². The van der Waals surface area contributed by atoms with Gasteiger partial charge in [0.1, 0.15) is 18.2 Å². The van der Waals surface area contributed by atoms with Crippen LogP contribution in [0.5, 0.6) is 0 Å². The van der Waals surface area contributed by atoms with Crippen molar-refractivity contribution >= 4 is 17.8 Å². The molecule has 1 heterocycles. The van der Waals surface area contributed by atoms with Gasteiger partial charge in [-0.05, 0) is 37.5 Å². The van der Waals surface area contributed by atoms with E-state index in [2.05, 4.69) is 0 Å². The van der Waals surface area contributed by atoms with Crippen LogP contribution in [-0.2, 0) is 9.59 Å². The van der Waals surface area contributed by atoms with E-state index in [0.29, 0.717) is 25.8 Å². The Hall–Kier alpha value is -2.51. The molecule has 25 heavy (non-hydrogen) atoms. The van der Waals surface area contributed by atoms with Gasteiger partial charge in [0.2, 0.25) is 5.91 Å². The van der Waals surface area contributed by atoms with Crippen LogP contribution in [0.3, 0.4) is 0 Å². The molecule has 0 radical (unpaired) electrons. The number of benzene rings is 1. The van der Waals surface area contributed by atoms with Gasteiger partial charge in [0.05, 0.1) is 5.56 Å². The molecule has 0 spiro atoms. The van der Waals surface area contributed by atoms with Crippen LogP contribution in [-0.4, -0.2) is 58.4 Å². The summed E-state index contributed by atoms with van der Waals surface area (Å²) in [6.45, 7) is 1.48.